The van der Waals surface area contributed by atoms with E-state index in [0.29, 0.717) is 10.5 Å². The van der Waals surface area contributed by atoms with Crippen molar-refractivity contribution in [2.75, 3.05) is 0 Å². The minimum absolute atomic E-state index is 0.0453. The van der Waals surface area contributed by atoms with E-state index in [1.807, 2.05) is 4.90 Å². The van der Waals surface area contributed by atoms with Crippen LogP contribution < -0.4 is 0 Å². The Hall–Kier alpha value is -1.37. The first-order chi connectivity index (χ1) is 9.49. The molecule has 3 rings (SSSR count). The summed E-state index contributed by atoms with van der Waals surface area (Å²) in [6, 6.07) is 3.48. The van der Waals surface area contributed by atoms with Gasteiger partial charge in [-0.25, -0.2) is 4.57 Å². The van der Waals surface area contributed by atoms with E-state index in [4.69, 9.17) is 0 Å². The van der Waals surface area contributed by atoms with E-state index in [-0.39, 0.29) is 23.8 Å². The Bertz CT molecular complexity index is 557. The van der Waals surface area contributed by atoms with Crippen LogP contribution in [0.15, 0.2) is 12.1 Å². The molecule has 2 saturated heterocycles. The van der Waals surface area contributed by atoms with Crippen LogP contribution in [0.25, 0.3) is 0 Å². The molecule has 1 aromatic rings. The van der Waals surface area contributed by atoms with Gasteiger partial charge in [0.2, 0.25) is 0 Å². The van der Waals surface area contributed by atoms with Crippen LogP contribution in [0.4, 0.5) is 5.82 Å². The molecule has 2 unspecified atom stereocenters. The van der Waals surface area contributed by atoms with Crippen LogP contribution in [0.2, 0.25) is 0 Å². The molecule has 1 aromatic heterocycles. The lowest BCUT2D eigenvalue weighted by Crippen LogP contribution is -2.47. The third kappa shape index (κ3) is 2.04. The summed E-state index contributed by atoms with van der Waals surface area (Å²) in [5.74, 6) is -0.122. The number of halogens is 1. The maximum Gasteiger partial charge on any atom is 0.323 e. The van der Waals surface area contributed by atoms with Crippen molar-refractivity contribution in [2.45, 2.75) is 42.6 Å². The van der Waals surface area contributed by atoms with E-state index in [2.05, 4.69) is 15.9 Å². The quantitative estimate of drug-likeness (QED) is 0.471. The number of carbonyl (C=O) groups excluding carboxylic acids is 1. The lowest BCUT2D eigenvalue weighted by atomic mass is 10.0. The van der Waals surface area contributed by atoms with Gasteiger partial charge in [-0.15, -0.1) is 0 Å². The van der Waals surface area contributed by atoms with Crippen molar-refractivity contribution in [3.8, 4) is 0 Å². The van der Waals surface area contributed by atoms with Crippen molar-refractivity contribution >= 4 is 27.7 Å². The normalized spacial score (nSPS) is 28.7. The molecular weight excluding hydrogens is 326 g/mol. The zero-order chi connectivity index (χ0) is 14.4. The van der Waals surface area contributed by atoms with Crippen LogP contribution in [0.5, 0.6) is 0 Å². The number of piperidine rings is 1. The predicted octanol–water partition coefficient (Wildman–Crippen LogP) is 2.46. The van der Waals surface area contributed by atoms with Crippen molar-refractivity contribution < 1.29 is 9.72 Å². The van der Waals surface area contributed by atoms with Crippen LogP contribution >= 0.6 is 15.9 Å². The van der Waals surface area contributed by atoms with Gasteiger partial charge in [-0.05, 0) is 36.7 Å². The largest absolute Gasteiger partial charge is 0.358 e. The molecule has 0 aromatic carbocycles. The van der Waals surface area contributed by atoms with Crippen molar-refractivity contribution in [1.29, 1.82) is 0 Å². The first-order valence-corrected chi connectivity index (χ1v) is 7.67. The third-order valence-corrected chi connectivity index (χ3v) is 5.16. The molecule has 0 radical (unpaired) electrons. The SMILES string of the molecule is Cn1c(C(=O)N2C3CCC2CC(Br)C3)ccc1[N+](=O)[O-]. The maximum atomic E-state index is 12.7. The van der Waals surface area contributed by atoms with E-state index >= 15 is 0 Å². The minimum Gasteiger partial charge on any atom is -0.358 e. The van der Waals surface area contributed by atoms with E-state index in [1.54, 1.807) is 13.1 Å². The van der Waals surface area contributed by atoms with Crippen LogP contribution in [-0.4, -0.2) is 37.2 Å². The third-order valence-electron chi connectivity index (χ3n) is 4.41. The highest BCUT2D eigenvalue weighted by Gasteiger charge is 2.44. The first-order valence-electron chi connectivity index (χ1n) is 6.76. The molecule has 0 N–H and O–H groups in total. The highest BCUT2D eigenvalue weighted by atomic mass is 79.9. The molecule has 0 spiro atoms. The first kappa shape index (κ1) is 13.6. The Morgan fingerprint density at radius 1 is 1.35 bits per heavy atom. The Morgan fingerprint density at radius 2 is 1.95 bits per heavy atom. The van der Waals surface area contributed by atoms with Crippen molar-refractivity contribution in [3.05, 3.63) is 27.9 Å². The molecule has 7 heteroatoms. The second kappa shape index (κ2) is 4.87. The molecule has 2 bridgehead atoms. The standard InChI is InChI=1S/C13H16BrN3O3/c1-15-11(4-5-12(15)17(19)20)13(18)16-9-2-3-10(16)7-8(14)6-9/h4-5,8-10H,2-3,6-7H2,1H3. The summed E-state index contributed by atoms with van der Waals surface area (Å²) in [4.78, 5) is 25.5. The highest BCUT2D eigenvalue weighted by molar-refractivity contribution is 9.09. The number of alkyl halides is 1. The zero-order valence-corrected chi connectivity index (χ0v) is 12.7. The Balaban J connectivity index is 1.89. The summed E-state index contributed by atoms with van der Waals surface area (Å²) in [7, 11) is 1.57. The molecule has 1 amide bonds. The number of rotatable bonds is 2. The fraction of sp³-hybridized carbons (Fsp3) is 0.615. The van der Waals surface area contributed by atoms with Gasteiger partial charge in [-0.2, -0.15) is 0 Å². The number of aromatic nitrogens is 1. The summed E-state index contributed by atoms with van der Waals surface area (Å²) in [5, 5.41) is 10.9. The molecule has 6 nitrogen and oxygen atoms in total. The molecule has 20 heavy (non-hydrogen) atoms. The van der Waals surface area contributed by atoms with Gasteiger partial charge < -0.3 is 15.0 Å². The number of nitrogens with zero attached hydrogens (tertiary/aromatic N) is 3. The maximum absolute atomic E-state index is 12.7. The number of nitro groups is 1. The Kier molecular flexibility index (Phi) is 3.32. The number of fused-ring (bicyclic) bond motifs is 2. The Labute approximate surface area is 125 Å². The molecular formula is C13H16BrN3O3. The summed E-state index contributed by atoms with van der Waals surface area (Å²) >= 11 is 3.65. The number of hydrogen-bond acceptors (Lipinski definition) is 3. The second-order valence-electron chi connectivity index (χ2n) is 5.56. The lowest BCUT2D eigenvalue weighted by molar-refractivity contribution is -0.391. The highest BCUT2D eigenvalue weighted by Crippen LogP contribution is 2.39. The number of hydrogen-bond donors (Lipinski definition) is 0. The van der Waals surface area contributed by atoms with Gasteiger partial charge in [0, 0.05) is 23.0 Å². The molecule has 108 valence electrons. The molecule has 2 atom stereocenters. The van der Waals surface area contributed by atoms with Gasteiger partial charge in [0.1, 0.15) is 0 Å². The number of amides is 1. The van der Waals surface area contributed by atoms with Crippen LogP contribution in [0, 0.1) is 10.1 Å². The van der Waals surface area contributed by atoms with Crippen molar-refractivity contribution in [2.24, 2.45) is 7.05 Å². The van der Waals surface area contributed by atoms with E-state index < -0.39 is 4.92 Å². The summed E-state index contributed by atoms with van der Waals surface area (Å²) in [6.07, 6.45) is 4.00. The fourth-order valence-electron chi connectivity index (χ4n) is 3.47. The topological polar surface area (TPSA) is 68.4 Å². The summed E-state index contributed by atoms with van der Waals surface area (Å²) in [5.41, 5.74) is 0.404. The molecule has 0 aliphatic carbocycles. The van der Waals surface area contributed by atoms with Crippen molar-refractivity contribution in [1.82, 2.24) is 9.47 Å². The van der Waals surface area contributed by atoms with Crippen LogP contribution in [-0.2, 0) is 7.05 Å². The van der Waals surface area contributed by atoms with Crippen LogP contribution in [0.3, 0.4) is 0 Å². The number of carbonyl (C=O) groups is 1. The molecule has 3 heterocycles. The molecule has 2 aliphatic rings. The van der Waals surface area contributed by atoms with Crippen molar-refractivity contribution in [3.63, 3.8) is 0 Å². The zero-order valence-electron chi connectivity index (χ0n) is 11.2. The van der Waals surface area contributed by atoms with Gasteiger partial charge in [0.25, 0.3) is 5.91 Å². The van der Waals surface area contributed by atoms with Gasteiger partial charge >= 0.3 is 5.82 Å². The van der Waals surface area contributed by atoms with Gasteiger partial charge in [-0.3, -0.25) is 4.79 Å². The van der Waals surface area contributed by atoms with E-state index in [9.17, 15) is 14.9 Å². The van der Waals surface area contributed by atoms with E-state index in [0.717, 1.165) is 25.7 Å². The minimum atomic E-state index is -0.462. The second-order valence-corrected chi connectivity index (χ2v) is 6.85. The molecule has 2 fully saturated rings. The average Bonchev–Trinajstić information content (AvgIpc) is 2.88. The average molecular weight is 342 g/mol. The molecule has 0 saturated carbocycles. The smallest absolute Gasteiger partial charge is 0.323 e. The van der Waals surface area contributed by atoms with Crippen LogP contribution in [0.1, 0.15) is 36.2 Å². The predicted molar refractivity (Wildman–Crippen MR) is 77.0 cm³/mol. The van der Waals surface area contributed by atoms with E-state index in [1.165, 1.54) is 10.6 Å². The monoisotopic (exact) mass is 341 g/mol. The van der Waals surface area contributed by atoms with Gasteiger partial charge in [-0.1, -0.05) is 15.9 Å². The van der Waals surface area contributed by atoms with Gasteiger partial charge in [0.15, 0.2) is 5.69 Å². The van der Waals surface area contributed by atoms with Gasteiger partial charge in [0.05, 0.1) is 7.05 Å². The Morgan fingerprint density at radius 3 is 2.45 bits per heavy atom. The summed E-state index contributed by atoms with van der Waals surface area (Å²) < 4.78 is 1.38. The lowest BCUT2D eigenvalue weighted by Gasteiger charge is -2.36. The fourth-order valence-corrected chi connectivity index (χ4v) is 4.34. The molecule has 2 aliphatic heterocycles. The summed E-state index contributed by atoms with van der Waals surface area (Å²) in [6.45, 7) is 0.